The van der Waals surface area contributed by atoms with E-state index in [0.29, 0.717) is 13.4 Å². The van der Waals surface area contributed by atoms with Gasteiger partial charge in [-0.3, -0.25) is 0 Å². The van der Waals surface area contributed by atoms with Crippen molar-refractivity contribution in [2.45, 2.75) is 78.8 Å². The topological polar surface area (TPSA) is 18.5 Å². The molecule has 0 bridgehead atoms. The molecule has 0 N–H and O–H groups in total. The van der Waals surface area contributed by atoms with Crippen molar-refractivity contribution in [2.24, 2.45) is 0 Å². The molecule has 0 saturated heterocycles. The minimum atomic E-state index is 0.201. The molecule has 0 amide bonds. The maximum absolute atomic E-state index is 5.53. The van der Waals surface area contributed by atoms with Crippen molar-refractivity contribution in [3.8, 4) is 0 Å². The van der Waals surface area contributed by atoms with Crippen LogP contribution in [0.25, 0.3) is 0 Å². The third-order valence-electron chi connectivity index (χ3n) is 3.78. The van der Waals surface area contributed by atoms with Crippen LogP contribution in [0.3, 0.4) is 0 Å². The Morgan fingerprint density at radius 2 is 0.938 bits per heavy atom. The molecule has 2 atom stereocenters. The largest absolute Gasteiger partial charge is 0.243 e. The van der Waals surface area contributed by atoms with Crippen molar-refractivity contribution in [2.75, 3.05) is 0 Å². The zero-order valence-electron chi connectivity index (χ0n) is 12.0. The van der Waals surface area contributed by atoms with Crippen molar-refractivity contribution in [3.63, 3.8) is 0 Å². The highest BCUT2D eigenvalue weighted by Crippen LogP contribution is 2.12. The van der Waals surface area contributed by atoms with Crippen LogP contribution in [0.1, 0.15) is 41.5 Å². The molecule has 94 valence electrons. The van der Waals surface area contributed by atoms with Gasteiger partial charge in [-0.1, -0.05) is 53.0 Å². The molecule has 2 unspecified atom stereocenters. The van der Waals surface area contributed by atoms with Crippen LogP contribution < -0.4 is 0 Å². The Morgan fingerprint density at radius 3 is 1.12 bits per heavy atom. The van der Waals surface area contributed by atoms with E-state index >= 15 is 0 Å². The van der Waals surface area contributed by atoms with Crippen LogP contribution in [-0.2, 0) is 9.78 Å². The molecule has 0 spiro atoms. The van der Waals surface area contributed by atoms with Crippen LogP contribution in [0, 0.1) is 0 Å². The third kappa shape index (κ3) is 5.40. The van der Waals surface area contributed by atoms with Crippen LogP contribution in [-0.4, -0.2) is 25.4 Å². The number of hydrogen-bond acceptors (Lipinski definition) is 2. The fraction of sp³-hybridized carbons (Fsp3) is 1.00. The molecule has 0 aliphatic carbocycles. The molecule has 0 aliphatic heterocycles. The van der Waals surface area contributed by atoms with Gasteiger partial charge in [-0.15, -0.1) is 0 Å². The van der Waals surface area contributed by atoms with Crippen molar-refractivity contribution < 1.29 is 9.78 Å². The normalized spacial score (nSPS) is 14.6. The summed E-state index contributed by atoms with van der Waals surface area (Å²) < 4.78 is 0. The summed E-state index contributed by atoms with van der Waals surface area (Å²) in [5.74, 6) is 0. The molecule has 4 heteroatoms. The molecular formula is C12H28B2O2. The van der Waals surface area contributed by atoms with E-state index in [1.54, 1.807) is 0 Å². The number of rotatable bonds is 9. The van der Waals surface area contributed by atoms with E-state index in [2.05, 4.69) is 41.5 Å². The average Bonchev–Trinajstić information content (AvgIpc) is 2.29. The standard InChI is InChI=1S/C12H28B2O2/c1-7-13(8-2)11(5)15-16-12(6)14(9-3)10-4/h11-12H,7-10H2,1-6H3. The van der Waals surface area contributed by atoms with Gasteiger partial charge in [0.25, 0.3) is 0 Å². The molecule has 16 heavy (non-hydrogen) atoms. The summed E-state index contributed by atoms with van der Waals surface area (Å²) in [6.45, 7) is 14.3. The summed E-state index contributed by atoms with van der Waals surface area (Å²) in [7, 11) is 0. The van der Waals surface area contributed by atoms with Crippen molar-refractivity contribution >= 4 is 13.4 Å². The zero-order chi connectivity index (χ0) is 12.6. The Kier molecular flexibility index (Phi) is 9.15. The summed E-state index contributed by atoms with van der Waals surface area (Å²) in [4.78, 5) is 11.1. The van der Waals surface area contributed by atoms with E-state index in [4.69, 9.17) is 9.78 Å². The highest BCUT2D eigenvalue weighted by molar-refractivity contribution is 6.60. The summed E-state index contributed by atoms with van der Waals surface area (Å²) >= 11 is 0. The lowest BCUT2D eigenvalue weighted by molar-refractivity contribution is -0.314. The lowest BCUT2D eigenvalue weighted by atomic mass is 9.42. The summed E-state index contributed by atoms with van der Waals surface area (Å²) in [5.41, 5.74) is 0. The highest BCUT2D eigenvalue weighted by Gasteiger charge is 2.23. The lowest BCUT2D eigenvalue weighted by Crippen LogP contribution is -2.35. The Balaban J connectivity index is 3.93. The van der Waals surface area contributed by atoms with E-state index in [-0.39, 0.29) is 12.0 Å². The molecular weight excluding hydrogens is 198 g/mol. The molecule has 0 aliphatic rings. The minimum absolute atomic E-state index is 0.201. The number of hydrogen-bond donors (Lipinski definition) is 0. The van der Waals surface area contributed by atoms with Crippen molar-refractivity contribution in [1.29, 1.82) is 0 Å². The molecule has 0 radical (unpaired) electrons. The summed E-state index contributed by atoms with van der Waals surface area (Å²) in [6, 6.07) is 0.402. The second-order valence-corrected chi connectivity index (χ2v) is 4.76. The Hall–Kier alpha value is 0.0499. The highest BCUT2D eigenvalue weighted by atomic mass is 17.2. The lowest BCUT2D eigenvalue weighted by Gasteiger charge is -2.23. The summed E-state index contributed by atoms with van der Waals surface area (Å²) in [6.07, 6.45) is 4.61. The fourth-order valence-electron chi connectivity index (χ4n) is 2.24. The van der Waals surface area contributed by atoms with Crippen molar-refractivity contribution in [1.82, 2.24) is 0 Å². The van der Waals surface area contributed by atoms with Crippen LogP contribution in [0.15, 0.2) is 0 Å². The van der Waals surface area contributed by atoms with E-state index in [0.717, 1.165) is 25.3 Å². The third-order valence-corrected chi connectivity index (χ3v) is 3.78. The zero-order valence-corrected chi connectivity index (χ0v) is 12.0. The van der Waals surface area contributed by atoms with E-state index in [1.807, 2.05) is 0 Å². The molecule has 0 aromatic rings. The van der Waals surface area contributed by atoms with E-state index in [9.17, 15) is 0 Å². The molecule has 0 heterocycles. The van der Waals surface area contributed by atoms with E-state index < -0.39 is 0 Å². The van der Waals surface area contributed by atoms with Gasteiger partial charge in [0.2, 0.25) is 0 Å². The predicted octanol–water partition coefficient (Wildman–Crippen LogP) is 3.86. The van der Waals surface area contributed by atoms with E-state index in [1.165, 1.54) is 0 Å². The molecule has 0 rings (SSSR count). The average molecular weight is 226 g/mol. The quantitative estimate of drug-likeness (QED) is 0.337. The van der Waals surface area contributed by atoms with Crippen LogP contribution in [0.5, 0.6) is 0 Å². The monoisotopic (exact) mass is 226 g/mol. The molecule has 0 fully saturated rings. The van der Waals surface area contributed by atoms with Gasteiger partial charge in [-0.25, -0.2) is 9.78 Å². The maximum atomic E-state index is 5.53. The van der Waals surface area contributed by atoms with Gasteiger partial charge in [-0.2, -0.15) is 0 Å². The first kappa shape index (κ1) is 16.0. The van der Waals surface area contributed by atoms with Gasteiger partial charge in [0, 0.05) is 0 Å². The van der Waals surface area contributed by atoms with Gasteiger partial charge in [-0.05, 0) is 13.8 Å². The molecule has 2 nitrogen and oxygen atoms in total. The van der Waals surface area contributed by atoms with Gasteiger partial charge < -0.3 is 0 Å². The van der Waals surface area contributed by atoms with Crippen LogP contribution in [0.4, 0.5) is 0 Å². The SMILES string of the molecule is CCB(CC)C(C)OOC(C)B(CC)CC. The smallest absolute Gasteiger partial charge is 0.179 e. The minimum Gasteiger partial charge on any atom is -0.243 e. The van der Waals surface area contributed by atoms with Crippen molar-refractivity contribution in [3.05, 3.63) is 0 Å². The Morgan fingerprint density at radius 1 is 0.688 bits per heavy atom. The van der Waals surface area contributed by atoms with Crippen LogP contribution >= 0.6 is 0 Å². The molecule has 0 saturated carbocycles. The van der Waals surface area contributed by atoms with Gasteiger partial charge in [0.05, 0.1) is 12.0 Å². The molecule has 0 aromatic carbocycles. The maximum Gasteiger partial charge on any atom is 0.179 e. The Bertz CT molecular complexity index is 141. The van der Waals surface area contributed by atoms with Gasteiger partial charge in [0.1, 0.15) is 0 Å². The Labute approximate surface area is 103 Å². The second-order valence-electron chi connectivity index (χ2n) is 4.76. The van der Waals surface area contributed by atoms with Gasteiger partial charge >= 0.3 is 0 Å². The first-order chi connectivity index (χ1) is 7.60. The second kappa shape index (κ2) is 9.12. The summed E-state index contributed by atoms with van der Waals surface area (Å²) in [5, 5.41) is 0. The van der Waals surface area contributed by atoms with Gasteiger partial charge in [0.15, 0.2) is 13.4 Å². The predicted molar refractivity (Wildman–Crippen MR) is 74.5 cm³/mol. The fourth-order valence-corrected chi connectivity index (χ4v) is 2.24. The van der Waals surface area contributed by atoms with Crippen LogP contribution in [0.2, 0.25) is 25.3 Å². The molecule has 0 aromatic heterocycles. The first-order valence-corrected chi connectivity index (χ1v) is 6.92. The first-order valence-electron chi connectivity index (χ1n) is 6.92.